The van der Waals surface area contributed by atoms with Crippen molar-refractivity contribution < 1.29 is 19.4 Å². The van der Waals surface area contributed by atoms with Gasteiger partial charge in [-0.25, -0.2) is 0 Å². The van der Waals surface area contributed by atoms with Crippen molar-refractivity contribution in [2.45, 2.75) is 57.1 Å². The highest BCUT2D eigenvalue weighted by Crippen LogP contribution is 2.20. The van der Waals surface area contributed by atoms with Crippen molar-refractivity contribution in [1.82, 2.24) is 10.2 Å². The molecule has 0 radical (unpaired) electrons. The highest BCUT2D eigenvalue weighted by Gasteiger charge is 2.24. The molecule has 0 unspecified atom stereocenters. The molecule has 2 N–H and O–H groups in total. The van der Waals surface area contributed by atoms with Gasteiger partial charge in [-0.05, 0) is 59.3 Å². The molecule has 6 nitrogen and oxygen atoms in total. The zero-order valence-electron chi connectivity index (χ0n) is 13.1. The molecule has 0 heterocycles. The molecule has 0 aliphatic heterocycles. The lowest BCUT2D eigenvalue weighted by molar-refractivity contribution is -0.154. The van der Waals surface area contributed by atoms with E-state index < -0.39 is 18.0 Å². The Hall–Kier alpha value is -1.14. The van der Waals surface area contributed by atoms with Crippen molar-refractivity contribution in [3.8, 4) is 0 Å². The van der Waals surface area contributed by atoms with Crippen LogP contribution >= 0.6 is 0 Å². The normalized spacial score (nSPS) is 17.7. The Kier molecular flexibility index (Phi) is 8.30. The first-order valence-electron chi connectivity index (χ1n) is 7.79. The van der Waals surface area contributed by atoms with Crippen molar-refractivity contribution >= 4 is 11.9 Å². The Bertz CT molecular complexity index is 328. The number of carbonyl (C=O) groups is 2. The number of carboxylic acids is 1. The summed E-state index contributed by atoms with van der Waals surface area (Å²) >= 11 is 0. The first-order valence-corrected chi connectivity index (χ1v) is 7.79. The van der Waals surface area contributed by atoms with Crippen LogP contribution in [-0.4, -0.2) is 61.3 Å². The van der Waals surface area contributed by atoms with Crippen LogP contribution < -0.4 is 5.32 Å². The molecular weight excluding hydrogens is 272 g/mol. The third-order valence-corrected chi connectivity index (χ3v) is 3.69. The first-order chi connectivity index (χ1) is 9.99. The number of carbonyl (C=O) groups excluding carboxylic acids is 1. The monoisotopic (exact) mass is 300 g/mol. The lowest BCUT2D eigenvalue weighted by Gasteiger charge is -2.23. The van der Waals surface area contributed by atoms with Crippen LogP contribution in [-0.2, 0) is 14.3 Å². The van der Waals surface area contributed by atoms with Gasteiger partial charge in [0.25, 0.3) is 0 Å². The van der Waals surface area contributed by atoms with Gasteiger partial charge in [-0.1, -0.05) is 6.42 Å². The van der Waals surface area contributed by atoms with Gasteiger partial charge in [-0.15, -0.1) is 0 Å². The zero-order valence-corrected chi connectivity index (χ0v) is 13.1. The summed E-state index contributed by atoms with van der Waals surface area (Å²) < 4.78 is 5.37. The van der Waals surface area contributed by atoms with Gasteiger partial charge in [-0.3, -0.25) is 9.59 Å². The van der Waals surface area contributed by atoms with Crippen molar-refractivity contribution in [3.63, 3.8) is 0 Å². The molecule has 1 rings (SSSR count). The molecular formula is C15H28N2O4. The van der Waals surface area contributed by atoms with Crippen LogP contribution in [0.3, 0.4) is 0 Å². The highest BCUT2D eigenvalue weighted by atomic mass is 16.5. The van der Waals surface area contributed by atoms with Gasteiger partial charge in [-0.2, -0.15) is 0 Å². The molecule has 0 spiro atoms. The van der Waals surface area contributed by atoms with Crippen molar-refractivity contribution in [2.24, 2.45) is 0 Å². The van der Waals surface area contributed by atoms with E-state index in [1.165, 1.54) is 6.42 Å². The van der Waals surface area contributed by atoms with Crippen LogP contribution in [0.4, 0.5) is 0 Å². The minimum atomic E-state index is -1.000. The van der Waals surface area contributed by atoms with Gasteiger partial charge >= 0.3 is 11.9 Å². The molecule has 0 bridgehead atoms. The Morgan fingerprint density at radius 1 is 1.29 bits per heavy atom. The van der Waals surface area contributed by atoms with Crippen molar-refractivity contribution in [3.05, 3.63) is 0 Å². The zero-order chi connectivity index (χ0) is 15.7. The van der Waals surface area contributed by atoms with Gasteiger partial charge < -0.3 is 20.1 Å². The van der Waals surface area contributed by atoms with Gasteiger partial charge in [0.05, 0.1) is 6.42 Å². The number of nitrogens with zero attached hydrogens (tertiary/aromatic N) is 1. The summed E-state index contributed by atoms with van der Waals surface area (Å²) in [5.74, 6) is -1.41. The third-order valence-electron chi connectivity index (χ3n) is 3.69. The van der Waals surface area contributed by atoms with E-state index in [0.717, 1.165) is 38.6 Å². The number of nitrogens with one attached hydrogen (secondary N) is 1. The standard InChI is InChI=1S/C15H28N2O4/c1-17(2)10-6-9-16-13(15(19)20)11-14(18)21-12-7-4-3-5-8-12/h12-13,16H,3-11H2,1-2H3,(H,19,20)/t13-/m0/s1. The van der Waals surface area contributed by atoms with Crippen LogP contribution in [0.2, 0.25) is 0 Å². The molecule has 0 amide bonds. The predicted molar refractivity (Wildman–Crippen MR) is 80.2 cm³/mol. The third kappa shape index (κ3) is 8.02. The molecule has 1 fully saturated rings. The largest absolute Gasteiger partial charge is 0.480 e. The number of esters is 1. The van der Waals surface area contributed by atoms with E-state index in [0.29, 0.717) is 6.54 Å². The first kappa shape index (κ1) is 17.9. The predicted octanol–water partition coefficient (Wildman–Crippen LogP) is 1.25. The Labute approximate surface area is 126 Å². The van der Waals surface area contributed by atoms with E-state index in [1.54, 1.807) is 0 Å². The van der Waals surface area contributed by atoms with Crippen LogP contribution in [0, 0.1) is 0 Å². The number of carboxylic acid groups (broad SMARTS) is 1. The second-order valence-electron chi connectivity index (χ2n) is 5.96. The molecule has 6 heteroatoms. The van der Waals surface area contributed by atoms with E-state index in [-0.39, 0.29) is 12.5 Å². The minimum Gasteiger partial charge on any atom is -0.480 e. The van der Waals surface area contributed by atoms with Crippen molar-refractivity contribution in [1.29, 1.82) is 0 Å². The average molecular weight is 300 g/mol. The maximum Gasteiger partial charge on any atom is 0.321 e. The number of hydrogen-bond acceptors (Lipinski definition) is 5. The van der Waals surface area contributed by atoms with Crippen LogP contribution in [0.1, 0.15) is 44.9 Å². The summed E-state index contributed by atoms with van der Waals surface area (Å²) in [6.07, 6.45) is 5.89. The molecule has 0 aromatic heterocycles. The highest BCUT2D eigenvalue weighted by molar-refractivity contribution is 5.81. The average Bonchev–Trinajstić information content (AvgIpc) is 2.42. The van der Waals surface area contributed by atoms with Crippen LogP contribution in [0.15, 0.2) is 0 Å². The molecule has 0 aromatic rings. The van der Waals surface area contributed by atoms with Crippen molar-refractivity contribution in [2.75, 3.05) is 27.2 Å². The van der Waals surface area contributed by atoms with Gasteiger partial charge in [0, 0.05) is 0 Å². The Morgan fingerprint density at radius 2 is 1.95 bits per heavy atom. The molecule has 1 saturated carbocycles. The fraction of sp³-hybridized carbons (Fsp3) is 0.867. The van der Waals surface area contributed by atoms with E-state index in [1.807, 2.05) is 19.0 Å². The minimum absolute atomic E-state index is 0.0190. The number of ether oxygens (including phenoxy) is 1. The topological polar surface area (TPSA) is 78.9 Å². The Morgan fingerprint density at radius 3 is 2.52 bits per heavy atom. The number of aliphatic carboxylic acids is 1. The molecule has 0 aromatic carbocycles. The van der Waals surface area contributed by atoms with Crippen LogP contribution in [0.5, 0.6) is 0 Å². The fourth-order valence-electron chi connectivity index (χ4n) is 2.50. The van der Waals surface area contributed by atoms with Crippen LogP contribution in [0.25, 0.3) is 0 Å². The Balaban J connectivity index is 2.28. The van der Waals surface area contributed by atoms with E-state index in [4.69, 9.17) is 9.84 Å². The molecule has 122 valence electrons. The molecule has 1 atom stereocenters. The smallest absolute Gasteiger partial charge is 0.321 e. The second kappa shape index (κ2) is 9.73. The second-order valence-corrected chi connectivity index (χ2v) is 5.96. The maximum atomic E-state index is 11.8. The summed E-state index contributed by atoms with van der Waals surface area (Å²) in [4.78, 5) is 25.0. The molecule has 1 aliphatic carbocycles. The SMILES string of the molecule is CN(C)CCCN[C@@H](CC(=O)OC1CCCCC1)C(=O)O. The van der Waals surface area contributed by atoms with E-state index in [9.17, 15) is 9.59 Å². The van der Waals surface area contributed by atoms with Gasteiger partial charge in [0.15, 0.2) is 0 Å². The number of rotatable bonds is 9. The molecule has 0 saturated heterocycles. The summed E-state index contributed by atoms with van der Waals surface area (Å²) in [6.45, 7) is 1.46. The number of hydrogen-bond donors (Lipinski definition) is 2. The van der Waals surface area contributed by atoms with E-state index in [2.05, 4.69) is 5.32 Å². The summed E-state index contributed by atoms with van der Waals surface area (Å²) in [5.41, 5.74) is 0. The summed E-state index contributed by atoms with van der Waals surface area (Å²) in [5, 5.41) is 12.1. The lowest BCUT2D eigenvalue weighted by atomic mass is 9.98. The quantitative estimate of drug-likeness (QED) is 0.493. The van der Waals surface area contributed by atoms with Gasteiger partial charge in [0.1, 0.15) is 12.1 Å². The van der Waals surface area contributed by atoms with Gasteiger partial charge in [0.2, 0.25) is 0 Å². The molecule has 1 aliphatic rings. The maximum absolute atomic E-state index is 11.8. The summed E-state index contributed by atoms with van der Waals surface area (Å²) in [6, 6.07) is -0.858. The van der Waals surface area contributed by atoms with E-state index >= 15 is 0 Å². The fourth-order valence-corrected chi connectivity index (χ4v) is 2.50. The molecule has 21 heavy (non-hydrogen) atoms. The lowest BCUT2D eigenvalue weighted by Crippen LogP contribution is -2.40. The summed E-state index contributed by atoms with van der Waals surface area (Å²) in [7, 11) is 3.94.